The van der Waals surface area contributed by atoms with E-state index in [4.69, 9.17) is 17.3 Å². The van der Waals surface area contributed by atoms with Crippen LogP contribution >= 0.6 is 11.6 Å². The van der Waals surface area contributed by atoms with Crippen LogP contribution < -0.4 is 11.3 Å². The molecular weight excluding hydrogens is 396 g/mol. The van der Waals surface area contributed by atoms with E-state index in [1.165, 1.54) is 16.7 Å². The number of fused-ring (bicyclic) bond motifs is 1. The summed E-state index contributed by atoms with van der Waals surface area (Å²) in [4.78, 5) is 17.8. The van der Waals surface area contributed by atoms with E-state index in [1.54, 1.807) is 48.5 Å². The van der Waals surface area contributed by atoms with Crippen molar-refractivity contribution in [3.05, 3.63) is 105 Å². The number of hydrogen-bond donors (Lipinski definition) is 1. The van der Waals surface area contributed by atoms with Crippen molar-refractivity contribution in [3.63, 3.8) is 0 Å². The molecule has 0 spiro atoms. The maximum Gasteiger partial charge on any atom is 0.266 e. The minimum Gasteiger partial charge on any atom is -0.321 e. The van der Waals surface area contributed by atoms with E-state index in [0.717, 1.165) is 6.07 Å². The summed E-state index contributed by atoms with van der Waals surface area (Å²) in [6, 6.07) is 16.1. The van der Waals surface area contributed by atoms with E-state index >= 15 is 0 Å². The zero-order valence-electron chi connectivity index (χ0n) is 15.1. The molecule has 4 rings (SSSR count). The van der Waals surface area contributed by atoms with Crippen molar-refractivity contribution in [1.82, 2.24) is 9.55 Å². The van der Waals surface area contributed by atoms with E-state index in [9.17, 15) is 13.6 Å². The second-order valence-electron chi connectivity index (χ2n) is 6.69. The third-order valence-corrected chi connectivity index (χ3v) is 4.85. The van der Waals surface area contributed by atoms with Gasteiger partial charge in [-0.1, -0.05) is 23.7 Å². The Kier molecular flexibility index (Phi) is 5.13. The van der Waals surface area contributed by atoms with E-state index in [0.29, 0.717) is 33.0 Å². The Morgan fingerprint density at radius 3 is 2.34 bits per heavy atom. The number of benzene rings is 3. The van der Waals surface area contributed by atoms with Gasteiger partial charge in [0.2, 0.25) is 0 Å². The van der Waals surface area contributed by atoms with Gasteiger partial charge in [0.1, 0.15) is 17.5 Å². The second kappa shape index (κ2) is 7.73. The number of halogens is 3. The molecule has 1 unspecified atom stereocenters. The van der Waals surface area contributed by atoms with Crippen LogP contribution in [0.2, 0.25) is 5.02 Å². The molecule has 0 saturated carbocycles. The van der Waals surface area contributed by atoms with Crippen molar-refractivity contribution in [2.45, 2.75) is 12.5 Å². The third kappa shape index (κ3) is 3.90. The highest BCUT2D eigenvalue weighted by atomic mass is 35.5. The average molecular weight is 412 g/mol. The zero-order valence-corrected chi connectivity index (χ0v) is 15.9. The van der Waals surface area contributed by atoms with Crippen LogP contribution in [0.1, 0.15) is 17.4 Å². The first-order valence-corrected chi connectivity index (χ1v) is 9.28. The Labute approximate surface area is 170 Å². The van der Waals surface area contributed by atoms with Crippen LogP contribution in [-0.4, -0.2) is 9.55 Å². The summed E-state index contributed by atoms with van der Waals surface area (Å²) in [5.41, 5.74) is 7.50. The van der Waals surface area contributed by atoms with Gasteiger partial charge in [-0.15, -0.1) is 0 Å². The van der Waals surface area contributed by atoms with Crippen LogP contribution in [0.25, 0.3) is 16.6 Å². The molecule has 0 fully saturated rings. The Bertz CT molecular complexity index is 1240. The lowest BCUT2D eigenvalue weighted by atomic mass is 10.0. The highest BCUT2D eigenvalue weighted by molar-refractivity contribution is 6.30. The van der Waals surface area contributed by atoms with E-state index in [1.807, 2.05) is 0 Å². The van der Waals surface area contributed by atoms with Gasteiger partial charge in [0.15, 0.2) is 0 Å². The Hall–Kier alpha value is -3.09. The maximum atomic E-state index is 13.6. The molecule has 1 heterocycles. The Morgan fingerprint density at radius 1 is 1.00 bits per heavy atom. The predicted molar refractivity (Wildman–Crippen MR) is 109 cm³/mol. The van der Waals surface area contributed by atoms with Gasteiger partial charge >= 0.3 is 0 Å². The lowest BCUT2D eigenvalue weighted by Crippen LogP contribution is -2.29. The summed E-state index contributed by atoms with van der Waals surface area (Å²) in [6.07, 6.45) is 0.104. The molecule has 29 heavy (non-hydrogen) atoms. The first-order chi connectivity index (χ1) is 13.9. The molecular formula is C22H16ClF2N3O. The molecule has 1 atom stereocenters. The van der Waals surface area contributed by atoms with Gasteiger partial charge in [-0.2, -0.15) is 0 Å². The fourth-order valence-corrected chi connectivity index (χ4v) is 3.44. The van der Waals surface area contributed by atoms with Gasteiger partial charge in [0.05, 0.1) is 22.6 Å². The molecule has 7 heteroatoms. The van der Waals surface area contributed by atoms with Gasteiger partial charge < -0.3 is 5.73 Å². The largest absolute Gasteiger partial charge is 0.321 e. The highest BCUT2D eigenvalue weighted by Crippen LogP contribution is 2.22. The Morgan fingerprint density at radius 2 is 1.66 bits per heavy atom. The molecule has 1 aromatic heterocycles. The number of aromatic nitrogens is 2. The van der Waals surface area contributed by atoms with E-state index in [-0.39, 0.29) is 12.0 Å². The number of para-hydroxylation sites is 1. The zero-order chi connectivity index (χ0) is 20.5. The molecule has 0 aliphatic heterocycles. The van der Waals surface area contributed by atoms with Gasteiger partial charge in [0.25, 0.3) is 5.56 Å². The van der Waals surface area contributed by atoms with Crippen LogP contribution in [0, 0.1) is 11.6 Å². The van der Waals surface area contributed by atoms with Crippen molar-refractivity contribution in [3.8, 4) is 5.69 Å². The van der Waals surface area contributed by atoms with Crippen LogP contribution in [0.4, 0.5) is 8.78 Å². The molecule has 0 amide bonds. The van der Waals surface area contributed by atoms with Crippen molar-refractivity contribution < 1.29 is 8.78 Å². The molecule has 2 N–H and O–H groups in total. The van der Waals surface area contributed by atoms with E-state index in [2.05, 4.69) is 4.98 Å². The fourth-order valence-electron chi connectivity index (χ4n) is 3.31. The van der Waals surface area contributed by atoms with Crippen molar-refractivity contribution >= 4 is 22.5 Å². The molecule has 0 aliphatic carbocycles. The van der Waals surface area contributed by atoms with Crippen molar-refractivity contribution in [2.24, 2.45) is 5.73 Å². The lowest BCUT2D eigenvalue weighted by Gasteiger charge is -2.19. The second-order valence-corrected chi connectivity index (χ2v) is 7.13. The summed E-state index contributed by atoms with van der Waals surface area (Å²) in [7, 11) is 0. The average Bonchev–Trinajstić information content (AvgIpc) is 2.68. The molecule has 0 saturated heterocycles. The number of hydrogen-bond acceptors (Lipinski definition) is 3. The van der Waals surface area contributed by atoms with Crippen molar-refractivity contribution in [1.29, 1.82) is 0 Å². The number of nitrogens with zero attached hydrogens (tertiary/aromatic N) is 2. The standard InChI is InChI=1S/C22H16ClF2N3O/c23-14-5-7-17(8-6-14)28-21(27-20-4-2-1-3-18(20)22(28)29)19(26)11-13-9-15(24)12-16(25)10-13/h1-10,12,19H,11,26H2. The molecule has 0 radical (unpaired) electrons. The SMILES string of the molecule is NC(Cc1cc(F)cc(F)c1)c1nc2ccccc2c(=O)n1-c1ccc(Cl)cc1. The maximum absolute atomic E-state index is 13.6. The minimum absolute atomic E-state index is 0.104. The fraction of sp³-hybridized carbons (Fsp3) is 0.0909. The van der Waals surface area contributed by atoms with E-state index < -0.39 is 17.7 Å². The summed E-state index contributed by atoms with van der Waals surface area (Å²) >= 11 is 5.97. The predicted octanol–water partition coefficient (Wildman–Crippen LogP) is 4.56. The van der Waals surface area contributed by atoms with Crippen molar-refractivity contribution in [2.75, 3.05) is 0 Å². The first kappa shape index (κ1) is 19.2. The van der Waals surface area contributed by atoms with Crippen LogP contribution in [0.3, 0.4) is 0 Å². The van der Waals surface area contributed by atoms with Gasteiger partial charge in [-0.3, -0.25) is 9.36 Å². The van der Waals surface area contributed by atoms with Crippen LogP contribution in [0.5, 0.6) is 0 Å². The molecule has 4 nitrogen and oxygen atoms in total. The van der Waals surface area contributed by atoms with Gasteiger partial charge in [-0.05, 0) is 60.5 Å². The molecule has 3 aromatic carbocycles. The molecule has 4 aromatic rings. The highest BCUT2D eigenvalue weighted by Gasteiger charge is 2.19. The number of nitrogens with two attached hydrogens (primary N) is 1. The normalized spacial score (nSPS) is 12.3. The minimum atomic E-state index is -0.774. The monoisotopic (exact) mass is 411 g/mol. The Balaban J connectivity index is 1.88. The van der Waals surface area contributed by atoms with Crippen LogP contribution in [0.15, 0.2) is 71.5 Å². The quantitative estimate of drug-likeness (QED) is 0.535. The summed E-state index contributed by atoms with van der Waals surface area (Å²) < 4.78 is 28.6. The van der Waals surface area contributed by atoms with Gasteiger partial charge in [0, 0.05) is 11.1 Å². The molecule has 146 valence electrons. The first-order valence-electron chi connectivity index (χ1n) is 8.90. The smallest absolute Gasteiger partial charge is 0.266 e. The summed E-state index contributed by atoms with van der Waals surface area (Å²) in [6.45, 7) is 0. The number of rotatable bonds is 4. The van der Waals surface area contributed by atoms with Crippen LogP contribution in [-0.2, 0) is 6.42 Å². The molecule has 0 aliphatic rings. The molecule has 0 bridgehead atoms. The third-order valence-electron chi connectivity index (χ3n) is 4.60. The topological polar surface area (TPSA) is 60.9 Å². The lowest BCUT2D eigenvalue weighted by molar-refractivity contribution is 0.572. The summed E-state index contributed by atoms with van der Waals surface area (Å²) in [5.74, 6) is -1.08. The van der Waals surface area contributed by atoms with Gasteiger partial charge in [-0.25, -0.2) is 13.8 Å². The summed E-state index contributed by atoms with van der Waals surface area (Å²) in [5, 5.41) is 0.965.